The number of hydrogen-bond acceptors (Lipinski definition) is 6. The Hall–Kier alpha value is -3.91. The molecule has 1 aliphatic heterocycles. The summed E-state index contributed by atoms with van der Waals surface area (Å²) < 4.78 is 45.6. The average Bonchev–Trinajstić information content (AvgIpc) is 2.86. The van der Waals surface area contributed by atoms with Crippen molar-refractivity contribution in [3.8, 4) is 6.07 Å². The maximum absolute atomic E-state index is 13.2. The summed E-state index contributed by atoms with van der Waals surface area (Å²) in [7, 11) is 3.39. The molecule has 0 aromatic carbocycles. The molecule has 1 heterocycles. The van der Waals surface area contributed by atoms with Crippen molar-refractivity contribution >= 4 is 23.8 Å². The molecule has 3 aliphatic rings. The third-order valence-corrected chi connectivity index (χ3v) is 6.32. The molecule has 2 amide bonds. The molecule has 0 saturated heterocycles. The molecule has 0 saturated carbocycles. The van der Waals surface area contributed by atoms with Crippen LogP contribution in [-0.2, 0) is 4.74 Å². The number of urea groups is 1. The quantitative estimate of drug-likeness (QED) is 0.343. The van der Waals surface area contributed by atoms with Crippen LogP contribution >= 0.6 is 11.6 Å². The molecule has 3 unspecified atom stereocenters. The summed E-state index contributed by atoms with van der Waals surface area (Å²) in [5.41, 5.74) is 1.79. The van der Waals surface area contributed by atoms with Crippen LogP contribution in [0.1, 0.15) is 19.8 Å². The van der Waals surface area contributed by atoms with Crippen LogP contribution in [0.25, 0.3) is 0 Å². The highest BCUT2D eigenvalue weighted by Crippen LogP contribution is 2.40. The number of nitrogens with zero attached hydrogens (tertiary/aromatic N) is 2. The molecule has 4 N–H and O–H groups in total. The van der Waals surface area contributed by atoms with Gasteiger partial charge >= 0.3 is 12.2 Å². The average molecular weight is 549 g/mol. The van der Waals surface area contributed by atoms with Crippen molar-refractivity contribution in [2.45, 2.75) is 32.0 Å². The molecule has 0 fully saturated rings. The first kappa shape index (κ1) is 28.7. The number of amides is 2. The van der Waals surface area contributed by atoms with Gasteiger partial charge in [-0.3, -0.25) is 4.99 Å². The van der Waals surface area contributed by atoms with Crippen LogP contribution in [0.3, 0.4) is 0 Å². The fourth-order valence-electron chi connectivity index (χ4n) is 4.09. The molecule has 202 valence electrons. The van der Waals surface area contributed by atoms with E-state index in [1.165, 1.54) is 6.08 Å². The Bertz CT molecular complexity index is 1230. The second kappa shape index (κ2) is 12.6. The van der Waals surface area contributed by atoms with Crippen molar-refractivity contribution in [2.24, 2.45) is 16.8 Å². The standard InChI is InChI=1S/C26H28ClF3N6O2/c1-15-10-17(35-25(37)36-18-4-6-21(27)20(11-18)26(28,29)30)5-7-22(15)38-23-8-9-34-24(19(23)12-31)16(13-32-2)14-33-3/h4-9,13-15,20,24,32,34H,10-11H2,1-3H3,(H2,35,36,37)/b16-13+,33-14-. The predicted octanol–water partition coefficient (Wildman–Crippen LogP) is 4.77. The fourth-order valence-corrected chi connectivity index (χ4v) is 4.35. The van der Waals surface area contributed by atoms with Gasteiger partial charge in [0.1, 0.15) is 17.6 Å². The van der Waals surface area contributed by atoms with E-state index >= 15 is 0 Å². The minimum Gasteiger partial charge on any atom is -0.460 e. The number of ether oxygens (including phenoxy) is 1. The van der Waals surface area contributed by atoms with E-state index in [4.69, 9.17) is 16.3 Å². The number of hydrogen-bond donors (Lipinski definition) is 4. The zero-order chi connectivity index (χ0) is 27.9. The monoisotopic (exact) mass is 548 g/mol. The number of nitriles is 1. The summed E-state index contributed by atoms with van der Waals surface area (Å²) in [6.07, 6.45) is 8.05. The number of dihydropyridines is 1. The highest BCUT2D eigenvalue weighted by Gasteiger charge is 2.43. The van der Waals surface area contributed by atoms with E-state index in [0.717, 1.165) is 11.6 Å². The number of carbonyl (C=O) groups excluding carboxylic acids is 1. The number of rotatable bonds is 7. The first-order valence-corrected chi connectivity index (χ1v) is 12.1. The van der Waals surface area contributed by atoms with Crippen LogP contribution in [0.15, 0.2) is 86.9 Å². The summed E-state index contributed by atoms with van der Waals surface area (Å²) >= 11 is 5.69. The van der Waals surface area contributed by atoms with Crippen LogP contribution in [0.2, 0.25) is 0 Å². The zero-order valence-electron chi connectivity index (χ0n) is 21.0. The summed E-state index contributed by atoms with van der Waals surface area (Å²) in [5, 5.41) is 20.7. The highest BCUT2D eigenvalue weighted by atomic mass is 35.5. The van der Waals surface area contributed by atoms with Gasteiger partial charge in [0.15, 0.2) is 0 Å². The summed E-state index contributed by atoms with van der Waals surface area (Å²) in [6.45, 7) is 1.90. The third-order valence-electron chi connectivity index (χ3n) is 5.93. The van der Waals surface area contributed by atoms with Gasteiger partial charge in [0.2, 0.25) is 0 Å². The van der Waals surface area contributed by atoms with Crippen molar-refractivity contribution in [1.82, 2.24) is 21.3 Å². The molecule has 0 bridgehead atoms. The normalized spacial score (nSPS) is 23.9. The minimum absolute atomic E-state index is 0.112. The molecule has 0 radical (unpaired) electrons. The van der Waals surface area contributed by atoms with E-state index in [9.17, 15) is 23.2 Å². The molecule has 0 spiro atoms. The second-order valence-electron chi connectivity index (χ2n) is 8.73. The number of allylic oxidation sites excluding steroid dienone is 9. The number of halogens is 4. The lowest BCUT2D eigenvalue weighted by Gasteiger charge is -2.27. The Morgan fingerprint density at radius 1 is 1.24 bits per heavy atom. The van der Waals surface area contributed by atoms with Crippen LogP contribution in [0.5, 0.6) is 0 Å². The van der Waals surface area contributed by atoms with Gasteiger partial charge in [-0.05, 0) is 36.8 Å². The molecule has 0 aromatic rings. The molecular weight excluding hydrogens is 521 g/mol. The van der Waals surface area contributed by atoms with E-state index in [-0.39, 0.29) is 16.6 Å². The van der Waals surface area contributed by atoms with Gasteiger partial charge in [-0.15, -0.1) is 0 Å². The first-order valence-electron chi connectivity index (χ1n) is 11.7. The number of alkyl halides is 3. The van der Waals surface area contributed by atoms with Gasteiger partial charge in [-0.2, -0.15) is 18.4 Å². The third kappa shape index (κ3) is 7.10. The lowest BCUT2D eigenvalue weighted by molar-refractivity contribution is -0.162. The van der Waals surface area contributed by atoms with Crippen LogP contribution in [0, 0.1) is 23.2 Å². The Labute approximate surface area is 224 Å². The van der Waals surface area contributed by atoms with Crippen molar-refractivity contribution in [1.29, 1.82) is 5.26 Å². The van der Waals surface area contributed by atoms with E-state index in [2.05, 4.69) is 32.3 Å². The molecule has 2 aliphatic carbocycles. The van der Waals surface area contributed by atoms with Crippen LogP contribution in [0.4, 0.5) is 18.0 Å². The molecular formula is C26H28ClF3N6O2. The van der Waals surface area contributed by atoms with Gasteiger partial charge < -0.3 is 26.0 Å². The van der Waals surface area contributed by atoms with E-state index in [0.29, 0.717) is 29.2 Å². The number of aliphatic imine (C=N–C) groups is 1. The number of carbonyl (C=O) groups is 1. The summed E-state index contributed by atoms with van der Waals surface area (Å²) in [6, 6.07) is 1.10. The van der Waals surface area contributed by atoms with Crippen molar-refractivity contribution in [3.63, 3.8) is 0 Å². The Balaban J connectivity index is 1.69. The Kier molecular flexibility index (Phi) is 9.47. The van der Waals surface area contributed by atoms with E-state index in [1.807, 2.05) is 6.92 Å². The molecule has 8 nitrogen and oxygen atoms in total. The van der Waals surface area contributed by atoms with Gasteiger partial charge in [0.25, 0.3) is 0 Å². The largest absolute Gasteiger partial charge is 0.460 e. The van der Waals surface area contributed by atoms with Crippen LogP contribution < -0.4 is 21.3 Å². The fraction of sp³-hybridized carbons (Fsp3) is 0.346. The van der Waals surface area contributed by atoms with Gasteiger partial charge in [0.05, 0.1) is 17.5 Å². The highest BCUT2D eigenvalue weighted by molar-refractivity contribution is 6.30. The minimum atomic E-state index is -4.51. The maximum atomic E-state index is 13.2. The van der Waals surface area contributed by atoms with Crippen LogP contribution in [-0.4, -0.2) is 38.6 Å². The van der Waals surface area contributed by atoms with Gasteiger partial charge in [-0.25, -0.2) is 4.79 Å². The lowest BCUT2D eigenvalue weighted by Crippen LogP contribution is -2.37. The van der Waals surface area contributed by atoms with Gasteiger partial charge in [0, 0.05) is 67.0 Å². The summed E-state index contributed by atoms with van der Waals surface area (Å²) in [5.74, 6) is -1.02. The summed E-state index contributed by atoms with van der Waals surface area (Å²) in [4.78, 5) is 16.5. The van der Waals surface area contributed by atoms with Crippen molar-refractivity contribution in [2.75, 3.05) is 14.1 Å². The zero-order valence-corrected chi connectivity index (χ0v) is 21.7. The molecule has 38 heavy (non-hydrogen) atoms. The van der Waals surface area contributed by atoms with E-state index < -0.39 is 30.6 Å². The lowest BCUT2D eigenvalue weighted by atomic mass is 9.96. The predicted molar refractivity (Wildman–Crippen MR) is 139 cm³/mol. The molecule has 12 heteroatoms. The van der Waals surface area contributed by atoms with Gasteiger partial charge in [-0.1, -0.05) is 18.5 Å². The molecule has 0 aromatic heterocycles. The van der Waals surface area contributed by atoms with E-state index in [1.54, 1.807) is 50.9 Å². The Morgan fingerprint density at radius 3 is 2.53 bits per heavy atom. The maximum Gasteiger partial charge on any atom is 0.396 e. The molecule has 3 atom stereocenters. The van der Waals surface area contributed by atoms with Crippen molar-refractivity contribution in [3.05, 3.63) is 81.9 Å². The van der Waals surface area contributed by atoms with Crippen molar-refractivity contribution < 1.29 is 22.7 Å². The molecule has 3 rings (SSSR count). The smallest absolute Gasteiger partial charge is 0.396 e. The SMILES string of the molecule is C/N=C\C(=C/NC)C1NC=CC(OC2=CC=C(NC(=O)NC3=CC=C(Cl)C(C(F)(F)F)C3)CC2C)=C1C#N. The topological polar surface area (TPSA) is 111 Å². The second-order valence-corrected chi connectivity index (χ2v) is 9.17. The first-order chi connectivity index (χ1) is 18.1. The number of nitrogens with one attached hydrogen (secondary N) is 4. The Morgan fingerprint density at radius 2 is 1.92 bits per heavy atom.